The average molecular weight is 223 g/mol. The molecule has 0 bridgehead atoms. The van der Waals surface area contributed by atoms with Crippen LogP contribution in [0.1, 0.15) is 11.1 Å². The molecule has 1 nitrogen and oxygen atoms in total. The molecule has 2 aromatic carbocycles. The zero-order valence-electron chi connectivity index (χ0n) is 10.4. The number of fused-ring (bicyclic) bond motifs is 1. The van der Waals surface area contributed by atoms with Crippen LogP contribution in [-0.4, -0.2) is 7.05 Å². The first-order chi connectivity index (χ1) is 8.19. The molecule has 0 aliphatic carbocycles. The number of nitrogens with zero attached hydrogens (tertiary/aromatic N) is 1. The topological polar surface area (TPSA) is 3.24 Å². The first-order valence-corrected chi connectivity index (χ1v) is 5.69. The van der Waals surface area contributed by atoms with E-state index in [4.69, 9.17) is 0 Å². The van der Waals surface area contributed by atoms with Crippen LogP contribution in [0, 0.1) is 6.92 Å². The lowest BCUT2D eigenvalue weighted by Crippen LogP contribution is -2.07. The molecule has 2 rings (SSSR count). The van der Waals surface area contributed by atoms with Gasteiger partial charge in [0, 0.05) is 18.1 Å². The highest BCUT2D eigenvalue weighted by atomic mass is 15.1. The summed E-state index contributed by atoms with van der Waals surface area (Å²) in [7, 11) is 2.01. The second kappa shape index (κ2) is 4.46. The standard InChI is InChI=1S/C16H17N/c1-5-13-11-10-12(3)14-8-7-9-15(16(13)14)17(4)6-2/h5-11H,1-2H2,3-4H3. The van der Waals surface area contributed by atoms with Gasteiger partial charge in [-0.3, -0.25) is 0 Å². The second-order valence-corrected chi connectivity index (χ2v) is 4.17. The smallest absolute Gasteiger partial charge is 0.0489 e. The Kier molecular flexibility index (Phi) is 3.01. The van der Waals surface area contributed by atoms with Crippen LogP contribution in [-0.2, 0) is 0 Å². The van der Waals surface area contributed by atoms with Crippen molar-refractivity contribution in [2.24, 2.45) is 0 Å². The summed E-state index contributed by atoms with van der Waals surface area (Å²) in [5.74, 6) is 0. The first kappa shape index (κ1) is 11.5. The molecule has 0 saturated carbocycles. The molecule has 17 heavy (non-hydrogen) atoms. The average Bonchev–Trinajstić information content (AvgIpc) is 2.38. The molecule has 2 aromatic rings. The monoisotopic (exact) mass is 223 g/mol. The maximum absolute atomic E-state index is 3.89. The maximum atomic E-state index is 3.89. The summed E-state index contributed by atoms with van der Waals surface area (Å²) in [6, 6.07) is 10.6. The molecular weight excluding hydrogens is 206 g/mol. The lowest BCUT2D eigenvalue weighted by atomic mass is 9.98. The van der Waals surface area contributed by atoms with Crippen molar-refractivity contribution in [3.8, 4) is 0 Å². The number of rotatable bonds is 3. The Balaban J connectivity index is 2.90. The maximum Gasteiger partial charge on any atom is 0.0489 e. The van der Waals surface area contributed by atoms with E-state index in [1.54, 1.807) is 0 Å². The first-order valence-electron chi connectivity index (χ1n) is 5.69. The summed E-state index contributed by atoms with van der Waals surface area (Å²) in [4.78, 5) is 2.04. The highest BCUT2D eigenvalue weighted by molar-refractivity contribution is 6.02. The third-order valence-electron chi connectivity index (χ3n) is 3.14. The van der Waals surface area contributed by atoms with E-state index in [9.17, 15) is 0 Å². The second-order valence-electron chi connectivity index (χ2n) is 4.17. The van der Waals surface area contributed by atoms with E-state index in [0.717, 1.165) is 11.3 Å². The summed E-state index contributed by atoms with van der Waals surface area (Å²) < 4.78 is 0. The Labute approximate surface area is 103 Å². The number of hydrogen-bond acceptors (Lipinski definition) is 1. The minimum absolute atomic E-state index is 1.16. The van der Waals surface area contributed by atoms with E-state index in [1.807, 2.05) is 24.2 Å². The third-order valence-corrected chi connectivity index (χ3v) is 3.14. The summed E-state index contributed by atoms with van der Waals surface area (Å²) in [5, 5.41) is 2.51. The molecule has 0 N–H and O–H groups in total. The Bertz CT molecular complexity index is 581. The zero-order chi connectivity index (χ0) is 12.4. The van der Waals surface area contributed by atoms with E-state index in [-0.39, 0.29) is 0 Å². The van der Waals surface area contributed by atoms with Gasteiger partial charge >= 0.3 is 0 Å². The summed E-state index contributed by atoms with van der Waals surface area (Å²) in [5.41, 5.74) is 3.61. The predicted octanol–water partition coefficient (Wildman–Crippen LogP) is 4.37. The normalized spacial score (nSPS) is 10.2. The molecule has 0 amide bonds. The molecule has 0 aliphatic rings. The molecule has 0 heterocycles. The van der Waals surface area contributed by atoms with Gasteiger partial charge in [-0.25, -0.2) is 0 Å². The van der Waals surface area contributed by atoms with Gasteiger partial charge in [-0.1, -0.05) is 43.5 Å². The number of anilines is 1. The number of benzene rings is 2. The van der Waals surface area contributed by atoms with Crippen LogP contribution in [0.4, 0.5) is 5.69 Å². The Hall–Kier alpha value is -2.02. The van der Waals surface area contributed by atoms with E-state index in [2.05, 4.69) is 50.4 Å². The largest absolute Gasteiger partial charge is 0.351 e. The van der Waals surface area contributed by atoms with Crippen molar-refractivity contribution in [1.82, 2.24) is 0 Å². The fourth-order valence-electron chi connectivity index (χ4n) is 2.12. The third kappa shape index (κ3) is 1.84. The molecule has 0 fully saturated rings. The van der Waals surface area contributed by atoms with Crippen molar-refractivity contribution in [1.29, 1.82) is 0 Å². The summed E-state index contributed by atoms with van der Waals surface area (Å²) in [6.07, 6.45) is 3.73. The lowest BCUT2D eigenvalue weighted by molar-refractivity contribution is 1.22. The fourth-order valence-corrected chi connectivity index (χ4v) is 2.12. The van der Waals surface area contributed by atoms with Gasteiger partial charge in [0.15, 0.2) is 0 Å². The molecule has 0 spiro atoms. The van der Waals surface area contributed by atoms with Crippen LogP contribution < -0.4 is 4.90 Å². The lowest BCUT2D eigenvalue weighted by Gasteiger charge is -2.18. The van der Waals surface area contributed by atoms with Gasteiger partial charge in [-0.15, -0.1) is 0 Å². The van der Waals surface area contributed by atoms with Gasteiger partial charge < -0.3 is 4.90 Å². The van der Waals surface area contributed by atoms with Crippen molar-refractivity contribution < 1.29 is 0 Å². The number of hydrogen-bond donors (Lipinski definition) is 0. The van der Waals surface area contributed by atoms with E-state index < -0.39 is 0 Å². The van der Waals surface area contributed by atoms with Crippen LogP contribution in [0.15, 0.2) is 49.7 Å². The Morgan fingerprint density at radius 1 is 1.12 bits per heavy atom. The van der Waals surface area contributed by atoms with Crippen molar-refractivity contribution in [3.63, 3.8) is 0 Å². The fraction of sp³-hybridized carbons (Fsp3) is 0.125. The molecule has 1 heteroatoms. The zero-order valence-corrected chi connectivity index (χ0v) is 10.4. The van der Waals surface area contributed by atoms with E-state index in [1.165, 1.54) is 16.3 Å². The van der Waals surface area contributed by atoms with Crippen molar-refractivity contribution in [3.05, 3.63) is 60.8 Å². The highest BCUT2D eigenvalue weighted by Gasteiger charge is 2.08. The summed E-state index contributed by atoms with van der Waals surface area (Å²) >= 11 is 0. The molecule has 0 aromatic heterocycles. The predicted molar refractivity (Wildman–Crippen MR) is 77.4 cm³/mol. The van der Waals surface area contributed by atoms with E-state index in [0.29, 0.717) is 0 Å². The quantitative estimate of drug-likeness (QED) is 0.746. The van der Waals surface area contributed by atoms with Crippen LogP contribution in [0.3, 0.4) is 0 Å². The minimum atomic E-state index is 1.16. The minimum Gasteiger partial charge on any atom is -0.351 e. The summed E-state index contributed by atoms with van der Waals surface area (Å²) in [6.45, 7) is 9.85. The van der Waals surface area contributed by atoms with Crippen LogP contribution in [0.25, 0.3) is 16.8 Å². The Morgan fingerprint density at radius 2 is 1.88 bits per heavy atom. The SMILES string of the molecule is C=Cc1ccc(C)c2cccc(N(C)C=C)c12. The van der Waals surface area contributed by atoms with Crippen molar-refractivity contribution >= 4 is 22.5 Å². The van der Waals surface area contributed by atoms with Crippen molar-refractivity contribution in [2.45, 2.75) is 6.92 Å². The van der Waals surface area contributed by atoms with Gasteiger partial charge in [-0.05, 0) is 35.7 Å². The van der Waals surface area contributed by atoms with Crippen LogP contribution >= 0.6 is 0 Å². The van der Waals surface area contributed by atoms with Crippen LogP contribution in [0.5, 0.6) is 0 Å². The van der Waals surface area contributed by atoms with Gasteiger partial charge in [-0.2, -0.15) is 0 Å². The molecule has 0 atom stereocenters. The molecule has 0 aliphatic heterocycles. The number of aryl methyl sites for hydroxylation is 1. The molecule has 0 unspecified atom stereocenters. The molecule has 0 radical (unpaired) electrons. The molecular formula is C16H17N. The van der Waals surface area contributed by atoms with Gasteiger partial charge in [0.05, 0.1) is 0 Å². The van der Waals surface area contributed by atoms with Crippen molar-refractivity contribution in [2.75, 3.05) is 11.9 Å². The van der Waals surface area contributed by atoms with E-state index >= 15 is 0 Å². The molecule has 0 saturated heterocycles. The Morgan fingerprint density at radius 3 is 2.53 bits per heavy atom. The van der Waals surface area contributed by atoms with Gasteiger partial charge in [0.1, 0.15) is 0 Å². The molecule has 86 valence electrons. The van der Waals surface area contributed by atoms with Gasteiger partial charge in [0.2, 0.25) is 0 Å². The highest BCUT2D eigenvalue weighted by Crippen LogP contribution is 2.32. The van der Waals surface area contributed by atoms with Crippen LogP contribution in [0.2, 0.25) is 0 Å². The van der Waals surface area contributed by atoms with Gasteiger partial charge in [0.25, 0.3) is 0 Å².